The number of halogens is 4. The van der Waals surface area contributed by atoms with Gasteiger partial charge in [0.25, 0.3) is 5.92 Å². The van der Waals surface area contributed by atoms with Crippen molar-refractivity contribution < 1.29 is 27.4 Å². The van der Waals surface area contributed by atoms with Gasteiger partial charge in [-0.2, -0.15) is 0 Å². The fraction of sp³-hybridized carbons (Fsp3) is 0.458. The first-order chi connectivity index (χ1) is 16.7. The van der Waals surface area contributed by atoms with Gasteiger partial charge in [0, 0.05) is 30.1 Å². The molecule has 0 spiro atoms. The van der Waals surface area contributed by atoms with Crippen molar-refractivity contribution in [3.63, 3.8) is 0 Å². The van der Waals surface area contributed by atoms with Crippen molar-refractivity contribution in [3.8, 4) is 5.75 Å². The summed E-state index contributed by atoms with van der Waals surface area (Å²) in [5.41, 5.74) is -4.68. The summed E-state index contributed by atoms with van der Waals surface area (Å²) in [5, 5.41) is 25.0. The fourth-order valence-corrected chi connectivity index (χ4v) is 5.96. The van der Waals surface area contributed by atoms with E-state index >= 15 is 8.78 Å². The number of hydrogen-bond donors (Lipinski definition) is 2. The summed E-state index contributed by atoms with van der Waals surface area (Å²) < 4.78 is 67.4. The maximum Gasteiger partial charge on any atom is 0.287 e. The van der Waals surface area contributed by atoms with Crippen LogP contribution in [0, 0.1) is 17.0 Å². The van der Waals surface area contributed by atoms with Crippen LogP contribution >= 0.6 is 0 Å². The number of ether oxygens (including phenoxy) is 1. The summed E-state index contributed by atoms with van der Waals surface area (Å²) in [6.45, 7) is 0.809. The summed E-state index contributed by atoms with van der Waals surface area (Å²) in [7, 11) is 0. The predicted molar refractivity (Wildman–Crippen MR) is 115 cm³/mol. The number of benzene rings is 2. The fourth-order valence-electron chi connectivity index (χ4n) is 5.96. The molecule has 2 heterocycles. The zero-order valence-corrected chi connectivity index (χ0v) is 18.6. The standard InChI is InChI=1S/C24H23F4N5O2/c25-16-3-6-19(20(26)7-16)23(34,13-33-14-30-31-32-33)24(27,28)22-10-21(11-22,12-22)15-1-4-17(5-2-15)35-18-8-29-9-18/h1-7,14,18,29,34H,8-13H2/t21?,22?,23-/m1/s1. The number of alkyl halides is 2. The van der Waals surface area contributed by atoms with Gasteiger partial charge in [-0.05, 0) is 64.9 Å². The molecule has 1 aromatic heterocycles. The van der Waals surface area contributed by atoms with Crippen LogP contribution in [-0.2, 0) is 17.6 Å². The minimum Gasteiger partial charge on any atom is -0.488 e. The molecule has 3 saturated carbocycles. The molecule has 2 aromatic carbocycles. The predicted octanol–water partition coefficient (Wildman–Crippen LogP) is 2.95. The second kappa shape index (κ2) is 7.47. The Kier molecular flexibility index (Phi) is 4.79. The molecular weight excluding hydrogens is 466 g/mol. The molecule has 184 valence electrons. The van der Waals surface area contributed by atoms with Gasteiger partial charge in [-0.1, -0.05) is 12.1 Å². The van der Waals surface area contributed by atoms with Gasteiger partial charge in [0.2, 0.25) is 0 Å². The van der Waals surface area contributed by atoms with E-state index in [1.807, 2.05) is 24.3 Å². The SMILES string of the molecule is O[C@](Cn1cnnn1)(c1ccc(F)cc1F)C(F)(F)C12CC(c3ccc(OC4CNC4)cc3)(C1)C2. The first-order valence-corrected chi connectivity index (χ1v) is 11.4. The third-order valence-electron chi connectivity index (χ3n) is 7.89. The third kappa shape index (κ3) is 3.21. The highest BCUT2D eigenvalue weighted by Crippen LogP contribution is 2.80. The molecule has 1 aliphatic heterocycles. The highest BCUT2D eigenvalue weighted by Gasteiger charge is 2.82. The van der Waals surface area contributed by atoms with Crippen molar-refractivity contribution in [2.24, 2.45) is 5.41 Å². The van der Waals surface area contributed by atoms with Crippen LogP contribution in [0.1, 0.15) is 30.4 Å². The molecule has 2 N–H and O–H groups in total. The van der Waals surface area contributed by atoms with Crippen LogP contribution < -0.4 is 10.1 Å². The van der Waals surface area contributed by atoms with E-state index < -0.39 is 46.1 Å². The number of aliphatic hydroxyl groups is 1. The van der Waals surface area contributed by atoms with Crippen molar-refractivity contribution in [1.82, 2.24) is 25.5 Å². The number of nitrogens with one attached hydrogen (secondary N) is 1. The van der Waals surface area contributed by atoms with Gasteiger partial charge >= 0.3 is 0 Å². The number of hydrogen-bond acceptors (Lipinski definition) is 6. The molecule has 0 amide bonds. The largest absolute Gasteiger partial charge is 0.488 e. The summed E-state index contributed by atoms with van der Waals surface area (Å²) in [6.07, 6.45) is 1.62. The lowest BCUT2D eigenvalue weighted by atomic mass is 9.30. The molecule has 1 saturated heterocycles. The van der Waals surface area contributed by atoms with Crippen LogP contribution in [0.4, 0.5) is 17.6 Å². The maximum absolute atomic E-state index is 16.2. The van der Waals surface area contributed by atoms with Crippen LogP contribution in [0.15, 0.2) is 48.8 Å². The molecule has 35 heavy (non-hydrogen) atoms. The molecular formula is C24H23F4N5O2. The Bertz CT molecular complexity index is 1230. The summed E-state index contributed by atoms with van der Waals surface area (Å²) >= 11 is 0. The van der Waals surface area contributed by atoms with E-state index in [0.717, 1.165) is 47.5 Å². The smallest absolute Gasteiger partial charge is 0.287 e. The Morgan fingerprint density at radius 1 is 1.09 bits per heavy atom. The first-order valence-electron chi connectivity index (χ1n) is 11.4. The lowest BCUT2D eigenvalue weighted by Gasteiger charge is -2.74. The zero-order chi connectivity index (χ0) is 24.5. The molecule has 0 unspecified atom stereocenters. The van der Waals surface area contributed by atoms with Gasteiger partial charge in [-0.25, -0.2) is 22.2 Å². The van der Waals surface area contributed by atoms with Gasteiger partial charge in [-0.3, -0.25) is 0 Å². The minimum atomic E-state index is -3.74. The van der Waals surface area contributed by atoms with Crippen LogP contribution in [0.3, 0.4) is 0 Å². The molecule has 11 heteroatoms. The van der Waals surface area contributed by atoms with Gasteiger partial charge in [-0.15, -0.1) is 5.10 Å². The third-order valence-corrected chi connectivity index (χ3v) is 7.89. The molecule has 4 aliphatic rings. The second-order valence-electron chi connectivity index (χ2n) is 10.1. The number of tetrazole rings is 1. The van der Waals surface area contributed by atoms with E-state index in [2.05, 4.69) is 20.8 Å². The maximum atomic E-state index is 16.2. The average Bonchev–Trinajstić information content (AvgIpc) is 3.22. The quantitative estimate of drug-likeness (QED) is 0.474. The molecule has 4 fully saturated rings. The van der Waals surface area contributed by atoms with Crippen LogP contribution in [0.25, 0.3) is 0 Å². The molecule has 3 aliphatic carbocycles. The molecule has 7 rings (SSSR count). The van der Waals surface area contributed by atoms with Crippen molar-refractivity contribution in [2.45, 2.75) is 48.8 Å². The topological polar surface area (TPSA) is 85.1 Å². The van der Waals surface area contributed by atoms with E-state index in [9.17, 15) is 13.9 Å². The number of aromatic nitrogens is 4. The molecule has 7 nitrogen and oxygen atoms in total. The Morgan fingerprint density at radius 2 is 1.80 bits per heavy atom. The van der Waals surface area contributed by atoms with Crippen molar-refractivity contribution in [1.29, 1.82) is 0 Å². The summed E-state index contributed by atoms with van der Waals surface area (Å²) in [6, 6.07) is 9.70. The highest BCUT2D eigenvalue weighted by molar-refractivity contribution is 5.44. The van der Waals surface area contributed by atoms with E-state index in [0.29, 0.717) is 6.07 Å². The lowest BCUT2D eigenvalue weighted by Crippen LogP contribution is -2.76. The van der Waals surface area contributed by atoms with Gasteiger partial charge in [0.05, 0.1) is 6.54 Å². The summed E-state index contributed by atoms with van der Waals surface area (Å²) in [5.74, 6) is -5.19. The van der Waals surface area contributed by atoms with Gasteiger partial charge in [0.15, 0.2) is 5.60 Å². The Balaban J connectivity index is 1.27. The molecule has 0 radical (unpaired) electrons. The van der Waals surface area contributed by atoms with Gasteiger partial charge < -0.3 is 15.2 Å². The van der Waals surface area contributed by atoms with Crippen molar-refractivity contribution in [2.75, 3.05) is 13.1 Å². The zero-order valence-electron chi connectivity index (χ0n) is 18.6. The minimum absolute atomic E-state index is 0.139. The first kappa shape index (κ1) is 22.4. The monoisotopic (exact) mass is 489 g/mol. The van der Waals surface area contributed by atoms with Gasteiger partial charge in [0.1, 0.15) is 29.8 Å². The second-order valence-corrected chi connectivity index (χ2v) is 10.1. The number of nitrogens with zero attached hydrogens (tertiary/aromatic N) is 4. The van der Waals surface area contributed by atoms with E-state index in [4.69, 9.17) is 4.74 Å². The average molecular weight is 489 g/mol. The van der Waals surface area contributed by atoms with E-state index in [-0.39, 0.29) is 25.4 Å². The van der Waals surface area contributed by atoms with Crippen LogP contribution in [0.2, 0.25) is 0 Å². The summed E-state index contributed by atoms with van der Waals surface area (Å²) in [4.78, 5) is 0. The molecule has 1 atom stereocenters. The molecule has 2 bridgehead atoms. The van der Waals surface area contributed by atoms with E-state index in [1.165, 1.54) is 0 Å². The van der Waals surface area contributed by atoms with Crippen LogP contribution in [0.5, 0.6) is 5.75 Å². The Morgan fingerprint density at radius 3 is 2.37 bits per heavy atom. The number of rotatable bonds is 8. The normalized spacial score (nSPS) is 27.3. The molecule has 3 aromatic rings. The lowest BCUT2D eigenvalue weighted by molar-refractivity contribution is -0.347. The van der Waals surface area contributed by atoms with Crippen molar-refractivity contribution >= 4 is 0 Å². The Labute approximate surface area is 198 Å². The highest BCUT2D eigenvalue weighted by atomic mass is 19.3. The van der Waals surface area contributed by atoms with Crippen molar-refractivity contribution in [3.05, 3.63) is 71.6 Å². The van der Waals surface area contributed by atoms with E-state index in [1.54, 1.807) is 0 Å². The van der Waals surface area contributed by atoms with Crippen LogP contribution in [-0.4, -0.2) is 50.4 Å². The Hall–Kier alpha value is -3.05.